The molecule has 2 rings (SSSR count). The van der Waals surface area contributed by atoms with E-state index in [1.165, 1.54) is 12.6 Å². The van der Waals surface area contributed by atoms with Crippen molar-refractivity contribution in [2.45, 2.75) is 31.1 Å². The second-order valence-corrected chi connectivity index (χ2v) is 5.04. The molecule has 0 spiro atoms. The van der Waals surface area contributed by atoms with Gasteiger partial charge in [0.1, 0.15) is 0 Å². The Morgan fingerprint density at radius 3 is 3.00 bits per heavy atom. The van der Waals surface area contributed by atoms with Crippen molar-refractivity contribution in [2.75, 3.05) is 5.75 Å². The molecule has 0 aliphatic heterocycles. The van der Waals surface area contributed by atoms with E-state index in [0.29, 0.717) is 11.3 Å². The minimum absolute atomic E-state index is 0.0298. The van der Waals surface area contributed by atoms with Gasteiger partial charge in [0.2, 0.25) is 0 Å². The fraction of sp³-hybridized carbons (Fsp3) is 0.667. The van der Waals surface area contributed by atoms with Gasteiger partial charge in [-0.25, -0.2) is 9.48 Å². The van der Waals surface area contributed by atoms with Gasteiger partial charge < -0.3 is 5.11 Å². The predicted molar refractivity (Wildman–Crippen MR) is 57.2 cm³/mol. The number of carboxylic acid groups (broad SMARTS) is 1. The summed E-state index contributed by atoms with van der Waals surface area (Å²) in [6, 6.07) is 0.329. The highest BCUT2D eigenvalue weighted by atomic mass is 32.2. The van der Waals surface area contributed by atoms with Crippen molar-refractivity contribution in [3.05, 3.63) is 11.9 Å². The molecule has 1 saturated carbocycles. The zero-order chi connectivity index (χ0) is 10.8. The number of hydrogen-bond donors (Lipinski definition) is 1. The van der Waals surface area contributed by atoms with Gasteiger partial charge in [0.15, 0.2) is 5.69 Å². The highest BCUT2D eigenvalue weighted by Crippen LogP contribution is 2.40. The van der Waals surface area contributed by atoms with Crippen LogP contribution in [0.25, 0.3) is 0 Å². The Morgan fingerprint density at radius 1 is 1.73 bits per heavy atom. The Labute approximate surface area is 91.9 Å². The van der Waals surface area contributed by atoms with Crippen LogP contribution in [-0.2, 0) is 0 Å². The van der Waals surface area contributed by atoms with Gasteiger partial charge in [-0.15, -0.1) is 5.10 Å². The van der Waals surface area contributed by atoms with Gasteiger partial charge in [-0.3, -0.25) is 0 Å². The summed E-state index contributed by atoms with van der Waals surface area (Å²) in [5.41, 5.74) is 0.0298. The molecule has 1 fully saturated rings. The number of carbonyl (C=O) groups is 1. The second-order valence-electron chi connectivity index (χ2n) is 3.53. The summed E-state index contributed by atoms with van der Waals surface area (Å²) in [7, 11) is 0. The van der Waals surface area contributed by atoms with E-state index in [4.69, 9.17) is 5.11 Å². The third-order valence-corrected chi connectivity index (χ3v) is 3.94. The third kappa shape index (κ3) is 1.99. The fourth-order valence-electron chi connectivity index (χ4n) is 1.70. The average Bonchev–Trinajstić information content (AvgIpc) is 2.61. The summed E-state index contributed by atoms with van der Waals surface area (Å²) in [6.45, 7) is 2.13. The van der Waals surface area contributed by atoms with E-state index in [1.54, 1.807) is 4.68 Å². The van der Waals surface area contributed by atoms with Crippen LogP contribution in [0.2, 0.25) is 0 Å². The lowest BCUT2D eigenvalue weighted by Crippen LogP contribution is -2.32. The first kappa shape index (κ1) is 10.5. The van der Waals surface area contributed by atoms with Crippen molar-refractivity contribution in [1.82, 2.24) is 15.0 Å². The third-order valence-electron chi connectivity index (χ3n) is 2.63. The van der Waals surface area contributed by atoms with Crippen LogP contribution in [-0.4, -0.2) is 37.1 Å². The lowest BCUT2D eigenvalue weighted by molar-refractivity contribution is 0.0690. The summed E-state index contributed by atoms with van der Waals surface area (Å²) in [5.74, 6) is 0.0713. The average molecular weight is 227 g/mol. The first-order valence-corrected chi connectivity index (χ1v) is 6.04. The van der Waals surface area contributed by atoms with Gasteiger partial charge in [0, 0.05) is 5.25 Å². The van der Waals surface area contributed by atoms with Crippen molar-refractivity contribution in [1.29, 1.82) is 0 Å². The Bertz CT molecular complexity index is 366. The van der Waals surface area contributed by atoms with E-state index >= 15 is 0 Å². The molecule has 0 saturated heterocycles. The van der Waals surface area contributed by atoms with E-state index in [9.17, 15) is 4.79 Å². The van der Waals surface area contributed by atoms with Crippen molar-refractivity contribution < 1.29 is 9.90 Å². The summed E-state index contributed by atoms with van der Waals surface area (Å²) < 4.78 is 1.69. The summed E-state index contributed by atoms with van der Waals surface area (Å²) in [4.78, 5) is 10.6. The van der Waals surface area contributed by atoms with Crippen molar-refractivity contribution >= 4 is 17.7 Å². The molecule has 2 atom stereocenters. The number of rotatable bonds is 4. The van der Waals surface area contributed by atoms with Gasteiger partial charge in [-0.05, 0) is 18.6 Å². The molecule has 1 heterocycles. The number of hydrogen-bond acceptors (Lipinski definition) is 4. The largest absolute Gasteiger partial charge is 0.476 e. The summed E-state index contributed by atoms with van der Waals surface area (Å²) in [6.07, 6.45) is 3.78. The number of aromatic carboxylic acids is 1. The topological polar surface area (TPSA) is 68.0 Å². The fourth-order valence-corrected chi connectivity index (χ4v) is 2.91. The molecular formula is C9H13N3O2S. The Morgan fingerprint density at radius 2 is 2.53 bits per heavy atom. The SMILES string of the molecule is CCSC1CCC1n1cc(C(=O)O)nn1. The maximum Gasteiger partial charge on any atom is 0.358 e. The molecule has 2 unspecified atom stereocenters. The van der Waals surface area contributed by atoms with Gasteiger partial charge in [-0.1, -0.05) is 12.1 Å². The highest BCUT2D eigenvalue weighted by molar-refractivity contribution is 7.99. The smallest absolute Gasteiger partial charge is 0.358 e. The van der Waals surface area contributed by atoms with Gasteiger partial charge in [0.05, 0.1) is 12.2 Å². The standard InChI is InChI=1S/C9H13N3O2S/c1-2-15-8-4-3-7(8)12-5-6(9(13)14)10-11-12/h5,7-8H,2-4H2,1H3,(H,13,14). The van der Waals surface area contributed by atoms with Crippen LogP contribution < -0.4 is 0 Å². The molecule has 1 aromatic heterocycles. The highest BCUT2D eigenvalue weighted by Gasteiger charge is 2.33. The van der Waals surface area contributed by atoms with Crippen molar-refractivity contribution in [2.24, 2.45) is 0 Å². The van der Waals surface area contributed by atoms with Crippen molar-refractivity contribution in [3.63, 3.8) is 0 Å². The van der Waals surface area contributed by atoms with Crippen LogP contribution in [0.4, 0.5) is 0 Å². The van der Waals surface area contributed by atoms with Crippen LogP contribution in [0.3, 0.4) is 0 Å². The lowest BCUT2D eigenvalue weighted by Gasteiger charge is -2.35. The molecule has 1 aliphatic rings. The molecule has 82 valence electrons. The summed E-state index contributed by atoms with van der Waals surface area (Å²) in [5, 5.41) is 16.8. The molecule has 0 bridgehead atoms. The monoisotopic (exact) mass is 227 g/mol. The molecule has 1 aliphatic carbocycles. The maximum absolute atomic E-state index is 10.6. The van der Waals surface area contributed by atoms with Crippen LogP contribution >= 0.6 is 11.8 Å². The van der Waals surface area contributed by atoms with Crippen LogP contribution in [0.15, 0.2) is 6.20 Å². The van der Waals surface area contributed by atoms with Gasteiger partial charge in [0.25, 0.3) is 0 Å². The molecule has 0 radical (unpaired) electrons. The molecule has 6 heteroatoms. The predicted octanol–water partition coefficient (Wildman–Crippen LogP) is 1.43. The maximum atomic E-state index is 10.6. The number of carboxylic acids is 1. The van der Waals surface area contributed by atoms with E-state index in [1.807, 2.05) is 11.8 Å². The van der Waals surface area contributed by atoms with Crippen LogP contribution in [0.5, 0.6) is 0 Å². The summed E-state index contributed by atoms with van der Waals surface area (Å²) >= 11 is 1.90. The molecule has 0 aromatic carbocycles. The van der Waals surface area contributed by atoms with E-state index in [-0.39, 0.29) is 5.69 Å². The van der Waals surface area contributed by atoms with Crippen molar-refractivity contribution in [3.8, 4) is 0 Å². The zero-order valence-electron chi connectivity index (χ0n) is 8.46. The molecule has 1 N–H and O–H groups in total. The van der Waals surface area contributed by atoms with E-state index < -0.39 is 5.97 Å². The molecule has 5 nitrogen and oxygen atoms in total. The normalized spacial score (nSPS) is 24.9. The van der Waals surface area contributed by atoms with E-state index in [2.05, 4.69) is 17.2 Å². The minimum atomic E-state index is -1.01. The number of nitrogens with zero attached hydrogens (tertiary/aromatic N) is 3. The van der Waals surface area contributed by atoms with Gasteiger partial charge in [-0.2, -0.15) is 11.8 Å². The first-order chi connectivity index (χ1) is 7.22. The molecule has 1 aromatic rings. The number of thioether (sulfide) groups is 1. The molecular weight excluding hydrogens is 214 g/mol. The lowest BCUT2D eigenvalue weighted by atomic mass is 9.92. The minimum Gasteiger partial charge on any atom is -0.476 e. The van der Waals surface area contributed by atoms with Crippen LogP contribution in [0.1, 0.15) is 36.3 Å². The van der Waals surface area contributed by atoms with Crippen LogP contribution in [0, 0.1) is 0 Å². The Kier molecular flexibility index (Phi) is 2.95. The quantitative estimate of drug-likeness (QED) is 0.842. The van der Waals surface area contributed by atoms with E-state index in [0.717, 1.165) is 12.2 Å². The Hall–Kier alpha value is -1.04. The molecule has 15 heavy (non-hydrogen) atoms. The first-order valence-electron chi connectivity index (χ1n) is 4.99. The number of aromatic nitrogens is 3. The zero-order valence-corrected chi connectivity index (χ0v) is 9.28. The second kappa shape index (κ2) is 4.22. The Balaban J connectivity index is 2.06. The molecule has 0 amide bonds. The van der Waals surface area contributed by atoms with Gasteiger partial charge >= 0.3 is 5.97 Å².